The maximum absolute atomic E-state index is 12.6. The van der Waals surface area contributed by atoms with Crippen LogP contribution in [0.4, 0.5) is 0 Å². The molecule has 3 rings (SSSR count). The second-order valence-electron chi connectivity index (χ2n) is 6.16. The van der Waals surface area contributed by atoms with Gasteiger partial charge in [0.05, 0.1) is 11.3 Å². The van der Waals surface area contributed by atoms with E-state index in [1.807, 2.05) is 32.0 Å². The molecule has 1 unspecified atom stereocenters. The van der Waals surface area contributed by atoms with Gasteiger partial charge in [-0.15, -0.1) is 11.8 Å². The molecule has 0 radical (unpaired) electrons. The molecule has 0 bridgehead atoms. The number of nitrogens with one attached hydrogen (secondary N) is 1. The first-order chi connectivity index (χ1) is 12.0. The fraction of sp³-hybridized carbons (Fsp3) is 0.389. The molecule has 132 valence electrons. The number of likely N-dealkylation sites (tertiary alicyclic amines) is 1. The minimum absolute atomic E-state index is 0.0331. The van der Waals surface area contributed by atoms with Crippen molar-refractivity contribution in [3.63, 3.8) is 0 Å². The second kappa shape index (κ2) is 7.31. The Bertz CT molecular complexity index is 783. The highest BCUT2D eigenvalue weighted by Gasteiger charge is 2.30. The zero-order valence-corrected chi connectivity index (χ0v) is 15.4. The molecule has 1 N–H and O–H groups in total. The number of nitrogens with zero attached hydrogens (tertiary/aromatic N) is 2. The van der Waals surface area contributed by atoms with Crippen LogP contribution in [0, 0.1) is 13.8 Å². The molecule has 1 saturated heterocycles. The molecule has 1 aromatic heterocycles. The fourth-order valence-corrected chi connectivity index (χ4v) is 4.03. The summed E-state index contributed by atoms with van der Waals surface area (Å²) in [4.78, 5) is 27.2. The summed E-state index contributed by atoms with van der Waals surface area (Å²) >= 11 is 1.56. The molecule has 25 heavy (non-hydrogen) atoms. The maximum Gasteiger partial charge on any atom is 0.253 e. The van der Waals surface area contributed by atoms with Crippen molar-refractivity contribution >= 4 is 23.6 Å². The molecule has 0 saturated carbocycles. The average molecular weight is 359 g/mol. The van der Waals surface area contributed by atoms with E-state index in [2.05, 4.69) is 10.5 Å². The van der Waals surface area contributed by atoms with Crippen molar-refractivity contribution in [3.05, 3.63) is 46.8 Å². The van der Waals surface area contributed by atoms with Gasteiger partial charge >= 0.3 is 0 Å². The minimum Gasteiger partial charge on any atom is -0.361 e. The number of hydrogen-bond acceptors (Lipinski definition) is 5. The quantitative estimate of drug-likeness (QED) is 0.831. The topological polar surface area (TPSA) is 75.4 Å². The molecule has 0 spiro atoms. The van der Waals surface area contributed by atoms with Gasteiger partial charge in [-0.25, -0.2) is 0 Å². The number of hydrogen-bond donors (Lipinski definition) is 1. The van der Waals surface area contributed by atoms with Crippen LogP contribution in [0.15, 0.2) is 33.7 Å². The number of thioether (sulfide) groups is 1. The molecule has 1 fully saturated rings. The molecule has 6 nitrogen and oxygen atoms in total. The van der Waals surface area contributed by atoms with Crippen LogP contribution in [0.5, 0.6) is 0 Å². The van der Waals surface area contributed by atoms with Crippen LogP contribution in [0.2, 0.25) is 0 Å². The number of carbonyl (C=O) groups is 2. The van der Waals surface area contributed by atoms with E-state index in [-0.39, 0.29) is 11.8 Å². The largest absolute Gasteiger partial charge is 0.361 e. The third kappa shape index (κ3) is 3.71. The van der Waals surface area contributed by atoms with Crippen LogP contribution in [-0.4, -0.2) is 41.5 Å². The van der Waals surface area contributed by atoms with Gasteiger partial charge in [-0.05, 0) is 32.4 Å². The number of likely N-dealkylation sites (N-methyl/N-ethyl adjacent to an activating group) is 1. The summed E-state index contributed by atoms with van der Waals surface area (Å²) in [5.74, 6) is 1.23. The Labute approximate surface area is 150 Å². The van der Waals surface area contributed by atoms with E-state index in [0.29, 0.717) is 24.3 Å². The first-order valence-corrected chi connectivity index (χ1v) is 9.15. The molecule has 7 heteroatoms. The summed E-state index contributed by atoms with van der Waals surface area (Å²) < 4.78 is 5.19. The summed E-state index contributed by atoms with van der Waals surface area (Å²) in [6.07, 6.45) is 0.648. The minimum atomic E-state index is -0.432. The van der Waals surface area contributed by atoms with E-state index in [0.717, 1.165) is 21.9 Å². The summed E-state index contributed by atoms with van der Waals surface area (Å²) in [5.41, 5.74) is 2.50. The van der Waals surface area contributed by atoms with Crippen molar-refractivity contribution in [2.45, 2.75) is 37.0 Å². The lowest BCUT2D eigenvalue weighted by Crippen LogP contribution is -2.40. The normalized spacial score (nSPS) is 17.2. The zero-order chi connectivity index (χ0) is 18.0. The Kier molecular flexibility index (Phi) is 5.13. The Morgan fingerprint density at radius 3 is 2.80 bits per heavy atom. The lowest BCUT2D eigenvalue weighted by Gasteiger charge is -2.14. The van der Waals surface area contributed by atoms with E-state index in [9.17, 15) is 9.59 Å². The highest BCUT2D eigenvalue weighted by molar-refractivity contribution is 7.98. The van der Waals surface area contributed by atoms with Gasteiger partial charge in [-0.1, -0.05) is 17.3 Å². The lowest BCUT2D eigenvalue weighted by molar-refractivity contribution is -0.128. The molecule has 1 aliphatic heterocycles. The van der Waals surface area contributed by atoms with Crippen LogP contribution in [0.1, 0.15) is 33.8 Å². The summed E-state index contributed by atoms with van der Waals surface area (Å²) in [5, 5.41) is 6.82. The van der Waals surface area contributed by atoms with Crippen molar-refractivity contribution in [1.82, 2.24) is 15.4 Å². The van der Waals surface area contributed by atoms with Gasteiger partial charge in [0.1, 0.15) is 11.8 Å². The molecule has 1 aliphatic rings. The van der Waals surface area contributed by atoms with Gasteiger partial charge in [0.15, 0.2) is 0 Å². The Morgan fingerprint density at radius 1 is 1.40 bits per heavy atom. The van der Waals surface area contributed by atoms with Gasteiger partial charge in [-0.3, -0.25) is 9.59 Å². The standard InChI is InChI=1S/C18H21N3O3S/c1-11-14(12(2)24-20-11)10-25-16-7-5-4-6-13(16)17(22)19-15-8-9-21(3)18(15)23/h4-7,15H,8-10H2,1-3H3,(H,19,22). The van der Waals surface area contributed by atoms with E-state index in [1.165, 1.54) is 0 Å². The van der Waals surface area contributed by atoms with Gasteiger partial charge < -0.3 is 14.7 Å². The third-order valence-electron chi connectivity index (χ3n) is 4.42. The van der Waals surface area contributed by atoms with Crippen LogP contribution in [-0.2, 0) is 10.5 Å². The SMILES string of the molecule is Cc1noc(C)c1CSc1ccccc1C(=O)NC1CCN(C)C1=O. The van der Waals surface area contributed by atoms with Crippen LogP contribution < -0.4 is 5.32 Å². The number of aromatic nitrogens is 1. The number of benzene rings is 1. The van der Waals surface area contributed by atoms with Crippen molar-refractivity contribution < 1.29 is 14.1 Å². The highest BCUT2D eigenvalue weighted by atomic mass is 32.2. The summed E-state index contributed by atoms with van der Waals surface area (Å²) in [6.45, 7) is 4.47. The van der Waals surface area contributed by atoms with Crippen molar-refractivity contribution in [2.75, 3.05) is 13.6 Å². The average Bonchev–Trinajstić information content (AvgIpc) is 3.09. The van der Waals surface area contributed by atoms with Crippen LogP contribution in [0.3, 0.4) is 0 Å². The van der Waals surface area contributed by atoms with Crippen molar-refractivity contribution in [3.8, 4) is 0 Å². The van der Waals surface area contributed by atoms with E-state index >= 15 is 0 Å². The van der Waals surface area contributed by atoms with Gasteiger partial charge in [-0.2, -0.15) is 0 Å². The van der Waals surface area contributed by atoms with Gasteiger partial charge in [0, 0.05) is 29.8 Å². The molecule has 2 heterocycles. The molecule has 2 amide bonds. The predicted molar refractivity (Wildman–Crippen MR) is 95.5 cm³/mol. The maximum atomic E-state index is 12.6. The first kappa shape index (κ1) is 17.5. The smallest absolute Gasteiger partial charge is 0.253 e. The van der Waals surface area contributed by atoms with E-state index in [1.54, 1.807) is 29.8 Å². The second-order valence-corrected chi connectivity index (χ2v) is 7.18. The highest BCUT2D eigenvalue weighted by Crippen LogP contribution is 2.29. The van der Waals surface area contributed by atoms with Crippen LogP contribution >= 0.6 is 11.8 Å². The number of amides is 2. The number of rotatable bonds is 5. The lowest BCUT2D eigenvalue weighted by atomic mass is 10.2. The molecule has 0 aliphatic carbocycles. The first-order valence-electron chi connectivity index (χ1n) is 8.16. The van der Waals surface area contributed by atoms with Crippen LogP contribution in [0.25, 0.3) is 0 Å². The third-order valence-corrected chi connectivity index (χ3v) is 5.52. The van der Waals surface area contributed by atoms with Gasteiger partial charge in [0.25, 0.3) is 5.91 Å². The number of carbonyl (C=O) groups excluding carboxylic acids is 2. The Morgan fingerprint density at radius 2 is 2.16 bits per heavy atom. The van der Waals surface area contributed by atoms with Crippen molar-refractivity contribution in [1.29, 1.82) is 0 Å². The summed E-state index contributed by atoms with van der Waals surface area (Å²) in [6, 6.07) is 7.01. The molecular weight excluding hydrogens is 338 g/mol. The van der Waals surface area contributed by atoms with E-state index in [4.69, 9.17) is 4.52 Å². The monoisotopic (exact) mass is 359 g/mol. The van der Waals surface area contributed by atoms with Gasteiger partial charge in [0.2, 0.25) is 5.91 Å². The molecule has 1 aromatic carbocycles. The molecular formula is C18H21N3O3S. The zero-order valence-electron chi connectivity index (χ0n) is 14.5. The molecule has 1 atom stereocenters. The molecule has 2 aromatic rings. The Hall–Kier alpha value is -2.28. The fourth-order valence-electron chi connectivity index (χ4n) is 2.83. The van der Waals surface area contributed by atoms with E-state index < -0.39 is 6.04 Å². The Balaban J connectivity index is 1.72. The summed E-state index contributed by atoms with van der Waals surface area (Å²) in [7, 11) is 1.75. The predicted octanol–water partition coefficient (Wildman–Crippen LogP) is 2.54. The van der Waals surface area contributed by atoms with Crippen molar-refractivity contribution in [2.24, 2.45) is 0 Å². The number of aryl methyl sites for hydroxylation is 2.